The van der Waals surface area contributed by atoms with E-state index < -0.39 is 0 Å². The van der Waals surface area contributed by atoms with Crippen LogP contribution in [-0.4, -0.2) is 40.5 Å². The summed E-state index contributed by atoms with van der Waals surface area (Å²) in [6.45, 7) is 11.4. The number of hydrogen-bond acceptors (Lipinski definition) is 4. The van der Waals surface area contributed by atoms with Crippen LogP contribution in [0.15, 0.2) is 48.5 Å². The third-order valence-electron chi connectivity index (χ3n) is 6.89. The van der Waals surface area contributed by atoms with Crippen LogP contribution in [0.3, 0.4) is 0 Å². The lowest BCUT2D eigenvalue weighted by Gasteiger charge is -2.38. The summed E-state index contributed by atoms with van der Waals surface area (Å²) in [6, 6.07) is 19.3. The van der Waals surface area contributed by atoms with E-state index in [0.29, 0.717) is 5.56 Å². The standard InChI is InChI=1S/C27H29N5/c1-4-22-20(3)23(17-28)26-29-24-11-7-8-12-25(24)32(26)27(22)31-15-13-30(14-16-31)18-21-10-6-5-9-19(21)2/h5-12H,4,13-16,18H2,1-3H3. The van der Waals surface area contributed by atoms with Gasteiger partial charge in [-0.2, -0.15) is 5.26 Å². The van der Waals surface area contributed by atoms with Gasteiger partial charge in [0.2, 0.25) is 0 Å². The van der Waals surface area contributed by atoms with E-state index in [-0.39, 0.29) is 0 Å². The number of nitrogens with zero attached hydrogens (tertiary/aromatic N) is 5. The first-order chi connectivity index (χ1) is 15.6. The average Bonchev–Trinajstić information content (AvgIpc) is 3.19. The Morgan fingerprint density at radius 2 is 1.69 bits per heavy atom. The molecule has 0 aliphatic carbocycles. The number of para-hydroxylation sites is 2. The zero-order chi connectivity index (χ0) is 22.2. The van der Waals surface area contributed by atoms with Gasteiger partial charge in [-0.1, -0.05) is 43.3 Å². The van der Waals surface area contributed by atoms with Crippen LogP contribution >= 0.6 is 0 Å². The Bertz CT molecular complexity index is 1340. The summed E-state index contributed by atoms with van der Waals surface area (Å²) in [6.07, 6.45) is 0.891. The van der Waals surface area contributed by atoms with E-state index in [2.05, 4.69) is 77.4 Å². The van der Waals surface area contributed by atoms with Crippen molar-refractivity contribution in [1.82, 2.24) is 14.3 Å². The molecular formula is C27H29N5. The number of rotatable bonds is 4. The molecule has 0 bridgehead atoms. The molecule has 5 rings (SSSR count). The second-order valence-electron chi connectivity index (χ2n) is 8.72. The fourth-order valence-electron chi connectivity index (χ4n) is 5.06. The Labute approximate surface area is 189 Å². The molecule has 1 saturated heterocycles. The molecular weight excluding hydrogens is 394 g/mol. The number of pyridine rings is 1. The molecule has 0 unspecified atom stereocenters. The molecule has 2 aromatic heterocycles. The first-order valence-corrected chi connectivity index (χ1v) is 11.5. The topological polar surface area (TPSA) is 47.6 Å². The Hall–Kier alpha value is -3.36. The molecule has 5 heteroatoms. The van der Waals surface area contributed by atoms with E-state index in [1.165, 1.54) is 22.5 Å². The normalized spacial score (nSPS) is 14.9. The number of anilines is 1. The van der Waals surface area contributed by atoms with Gasteiger partial charge in [0, 0.05) is 32.7 Å². The summed E-state index contributed by atoms with van der Waals surface area (Å²) in [5, 5.41) is 9.94. The van der Waals surface area contributed by atoms with Crippen molar-refractivity contribution in [2.75, 3.05) is 31.1 Å². The molecule has 1 fully saturated rings. The average molecular weight is 424 g/mol. The molecule has 3 heterocycles. The van der Waals surface area contributed by atoms with Gasteiger partial charge in [0.25, 0.3) is 0 Å². The van der Waals surface area contributed by atoms with Crippen LogP contribution in [0, 0.1) is 25.2 Å². The third kappa shape index (κ3) is 3.32. The van der Waals surface area contributed by atoms with Gasteiger partial charge in [-0.15, -0.1) is 0 Å². The number of imidazole rings is 1. The van der Waals surface area contributed by atoms with Crippen molar-refractivity contribution in [2.45, 2.75) is 33.7 Å². The summed E-state index contributed by atoms with van der Waals surface area (Å²) in [5.74, 6) is 1.21. The maximum atomic E-state index is 9.94. The highest BCUT2D eigenvalue weighted by Crippen LogP contribution is 2.34. The van der Waals surface area contributed by atoms with Crippen LogP contribution in [0.5, 0.6) is 0 Å². The van der Waals surface area contributed by atoms with Crippen molar-refractivity contribution >= 4 is 22.5 Å². The van der Waals surface area contributed by atoms with Gasteiger partial charge < -0.3 is 4.90 Å². The van der Waals surface area contributed by atoms with E-state index in [1.807, 2.05) is 12.1 Å². The van der Waals surface area contributed by atoms with E-state index >= 15 is 0 Å². The lowest BCUT2D eigenvalue weighted by atomic mass is 10.0. The minimum Gasteiger partial charge on any atom is -0.355 e. The minimum absolute atomic E-state index is 0.694. The van der Waals surface area contributed by atoms with Crippen molar-refractivity contribution in [3.05, 3.63) is 76.3 Å². The Kier molecular flexibility index (Phi) is 5.32. The lowest BCUT2D eigenvalue weighted by Crippen LogP contribution is -2.47. The van der Waals surface area contributed by atoms with E-state index in [9.17, 15) is 5.26 Å². The van der Waals surface area contributed by atoms with E-state index in [1.54, 1.807) is 0 Å². The molecule has 0 atom stereocenters. The molecule has 162 valence electrons. The maximum Gasteiger partial charge on any atom is 0.157 e. The Morgan fingerprint density at radius 1 is 0.969 bits per heavy atom. The summed E-state index contributed by atoms with van der Waals surface area (Å²) in [4.78, 5) is 9.91. The molecule has 0 radical (unpaired) electrons. The van der Waals surface area contributed by atoms with Crippen LogP contribution in [-0.2, 0) is 13.0 Å². The van der Waals surface area contributed by atoms with Gasteiger partial charge in [0.05, 0.1) is 16.6 Å². The van der Waals surface area contributed by atoms with Gasteiger partial charge in [0.15, 0.2) is 5.65 Å². The van der Waals surface area contributed by atoms with Gasteiger partial charge >= 0.3 is 0 Å². The molecule has 2 aromatic carbocycles. The third-order valence-corrected chi connectivity index (χ3v) is 6.89. The maximum absolute atomic E-state index is 9.94. The zero-order valence-corrected chi connectivity index (χ0v) is 19.1. The fourth-order valence-corrected chi connectivity index (χ4v) is 5.06. The number of nitriles is 1. The molecule has 0 spiro atoms. The molecule has 1 aliphatic heterocycles. The lowest BCUT2D eigenvalue weighted by molar-refractivity contribution is 0.248. The van der Waals surface area contributed by atoms with Gasteiger partial charge in [0.1, 0.15) is 11.9 Å². The quantitative estimate of drug-likeness (QED) is 0.470. The number of hydrogen-bond donors (Lipinski definition) is 0. The minimum atomic E-state index is 0.694. The van der Waals surface area contributed by atoms with E-state index in [4.69, 9.17) is 4.98 Å². The predicted molar refractivity (Wildman–Crippen MR) is 130 cm³/mol. The van der Waals surface area contributed by atoms with Crippen molar-refractivity contribution in [1.29, 1.82) is 5.26 Å². The Morgan fingerprint density at radius 3 is 2.41 bits per heavy atom. The molecule has 5 nitrogen and oxygen atoms in total. The largest absolute Gasteiger partial charge is 0.355 e. The highest BCUT2D eigenvalue weighted by molar-refractivity contribution is 5.86. The van der Waals surface area contributed by atoms with Crippen LogP contribution in [0.1, 0.15) is 34.7 Å². The Balaban J connectivity index is 1.55. The van der Waals surface area contributed by atoms with Crippen molar-refractivity contribution in [2.24, 2.45) is 0 Å². The van der Waals surface area contributed by atoms with Crippen molar-refractivity contribution in [3.63, 3.8) is 0 Å². The summed E-state index contributed by atoms with van der Waals surface area (Å²) in [7, 11) is 0. The van der Waals surface area contributed by atoms with E-state index in [0.717, 1.165) is 61.4 Å². The smallest absolute Gasteiger partial charge is 0.157 e. The number of benzene rings is 2. The van der Waals surface area contributed by atoms with Crippen LogP contribution < -0.4 is 4.90 Å². The highest BCUT2D eigenvalue weighted by Gasteiger charge is 2.26. The predicted octanol–water partition coefficient (Wildman–Crippen LogP) is 4.86. The molecule has 0 amide bonds. The molecule has 0 saturated carbocycles. The molecule has 0 N–H and O–H groups in total. The van der Waals surface area contributed by atoms with Crippen LogP contribution in [0.4, 0.5) is 5.82 Å². The van der Waals surface area contributed by atoms with Gasteiger partial charge in [-0.05, 0) is 54.7 Å². The molecule has 32 heavy (non-hydrogen) atoms. The second kappa shape index (κ2) is 8.29. The zero-order valence-electron chi connectivity index (χ0n) is 19.1. The second-order valence-corrected chi connectivity index (χ2v) is 8.72. The van der Waals surface area contributed by atoms with Gasteiger partial charge in [-0.3, -0.25) is 9.30 Å². The first kappa shape index (κ1) is 20.5. The highest BCUT2D eigenvalue weighted by atomic mass is 15.3. The first-order valence-electron chi connectivity index (χ1n) is 11.5. The SMILES string of the molecule is CCc1c(C)c(C#N)c2nc3ccccc3n2c1N1CCN(Cc2ccccc2C)CC1. The number of aromatic nitrogens is 2. The number of piperazine rings is 1. The van der Waals surface area contributed by atoms with Crippen LogP contribution in [0.25, 0.3) is 16.7 Å². The summed E-state index contributed by atoms with van der Waals surface area (Å²) >= 11 is 0. The van der Waals surface area contributed by atoms with Crippen molar-refractivity contribution < 1.29 is 0 Å². The number of aryl methyl sites for hydroxylation is 1. The van der Waals surface area contributed by atoms with Crippen LogP contribution in [0.2, 0.25) is 0 Å². The number of fused-ring (bicyclic) bond motifs is 3. The summed E-state index contributed by atoms with van der Waals surface area (Å²) in [5.41, 5.74) is 8.58. The summed E-state index contributed by atoms with van der Waals surface area (Å²) < 4.78 is 2.23. The molecule has 4 aromatic rings. The monoisotopic (exact) mass is 423 g/mol. The fraction of sp³-hybridized carbons (Fsp3) is 0.333. The molecule has 1 aliphatic rings. The van der Waals surface area contributed by atoms with Gasteiger partial charge in [-0.25, -0.2) is 4.98 Å². The van der Waals surface area contributed by atoms with Crippen molar-refractivity contribution in [3.8, 4) is 6.07 Å².